The minimum absolute atomic E-state index is 0.385. The van der Waals surface area contributed by atoms with E-state index in [1.54, 1.807) is 30.3 Å². The molecule has 3 aromatic rings. The third-order valence-electron chi connectivity index (χ3n) is 4.56. The van der Waals surface area contributed by atoms with Crippen LogP contribution in [0.2, 0.25) is 0 Å². The van der Waals surface area contributed by atoms with Crippen LogP contribution in [0.3, 0.4) is 0 Å². The molecule has 1 fully saturated rings. The van der Waals surface area contributed by atoms with Gasteiger partial charge in [-0.25, -0.2) is 4.68 Å². The van der Waals surface area contributed by atoms with E-state index in [0.717, 1.165) is 12.2 Å². The molecular weight excluding hydrogens is 360 g/mol. The molecule has 9 heteroatoms. The van der Waals surface area contributed by atoms with Crippen LogP contribution in [-0.4, -0.2) is 32.0 Å². The first kappa shape index (κ1) is 17.7. The van der Waals surface area contributed by atoms with Gasteiger partial charge in [0.05, 0.1) is 5.69 Å². The number of amides is 2. The van der Waals surface area contributed by atoms with Crippen molar-refractivity contribution in [1.29, 1.82) is 0 Å². The number of rotatable bonds is 5. The molecule has 2 aromatic heterocycles. The lowest BCUT2D eigenvalue weighted by atomic mass is 10.2. The van der Waals surface area contributed by atoms with Gasteiger partial charge in [0, 0.05) is 17.6 Å². The summed E-state index contributed by atoms with van der Waals surface area (Å²) in [6.07, 6.45) is 5.47. The third-order valence-corrected chi connectivity index (χ3v) is 4.56. The first-order chi connectivity index (χ1) is 13.6. The summed E-state index contributed by atoms with van der Waals surface area (Å²) >= 11 is 0. The molecule has 9 nitrogen and oxygen atoms in total. The van der Waals surface area contributed by atoms with Gasteiger partial charge in [0.2, 0.25) is 0 Å². The van der Waals surface area contributed by atoms with Crippen molar-refractivity contribution >= 4 is 17.9 Å². The number of nitrogens with zero attached hydrogens (tertiary/aromatic N) is 4. The minimum atomic E-state index is -0.462. The molecule has 1 aromatic carbocycles. The normalized spacial score (nSPS) is 18.2. The summed E-state index contributed by atoms with van der Waals surface area (Å²) in [4.78, 5) is 24.0. The fourth-order valence-electron chi connectivity index (χ4n) is 2.81. The van der Waals surface area contributed by atoms with Crippen LogP contribution in [-0.2, 0) is 4.79 Å². The molecule has 2 amide bonds. The number of hydrogen-bond donors (Lipinski definition) is 2. The first-order valence-corrected chi connectivity index (χ1v) is 8.82. The number of nitrogens with one attached hydrogen (secondary N) is 2. The Bertz CT molecular complexity index is 1010. The van der Waals surface area contributed by atoms with E-state index in [4.69, 9.17) is 4.42 Å². The Morgan fingerprint density at radius 1 is 1.18 bits per heavy atom. The molecule has 1 aliphatic carbocycles. The van der Waals surface area contributed by atoms with Gasteiger partial charge in [0.25, 0.3) is 11.8 Å². The van der Waals surface area contributed by atoms with Gasteiger partial charge in [-0.1, -0.05) is 6.92 Å². The topological polar surface area (TPSA) is 115 Å². The fourth-order valence-corrected chi connectivity index (χ4v) is 2.81. The van der Waals surface area contributed by atoms with Crippen molar-refractivity contribution in [3.8, 4) is 5.69 Å². The summed E-state index contributed by atoms with van der Waals surface area (Å²) in [6.45, 7) is 2.18. The van der Waals surface area contributed by atoms with Gasteiger partial charge in [-0.3, -0.25) is 20.4 Å². The highest BCUT2D eigenvalue weighted by molar-refractivity contribution is 5.97. The predicted octanol–water partition coefficient (Wildman–Crippen LogP) is 1.85. The summed E-state index contributed by atoms with van der Waals surface area (Å²) in [5, 5.41) is 10.9. The maximum absolute atomic E-state index is 12.1. The number of hydrogen-bond acceptors (Lipinski definition) is 6. The van der Waals surface area contributed by atoms with E-state index in [-0.39, 0.29) is 0 Å². The highest BCUT2D eigenvalue weighted by atomic mass is 16.3. The Kier molecular flexibility index (Phi) is 4.71. The Hall–Kier alpha value is -3.75. The molecule has 0 spiro atoms. The van der Waals surface area contributed by atoms with Gasteiger partial charge >= 0.3 is 0 Å². The molecule has 1 aliphatic rings. The molecule has 142 valence electrons. The van der Waals surface area contributed by atoms with Crippen molar-refractivity contribution in [3.05, 3.63) is 65.9 Å². The van der Waals surface area contributed by atoms with Crippen molar-refractivity contribution < 1.29 is 14.0 Å². The summed E-state index contributed by atoms with van der Waals surface area (Å²) < 4.78 is 7.17. The smallest absolute Gasteiger partial charge is 0.269 e. The van der Waals surface area contributed by atoms with Crippen molar-refractivity contribution in [2.75, 3.05) is 0 Å². The molecular formula is C19H18N6O3. The zero-order valence-corrected chi connectivity index (χ0v) is 15.1. The van der Waals surface area contributed by atoms with E-state index in [2.05, 4.69) is 33.3 Å². The van der Waals surface area contributed by atoms with Gasteiger partial charge in [0.15, 0.2) is 0 Å². The minimum Gasteiger partial charge on any atom is -0.461 e. The van der Waals surface area contributed by atoms with Crippen LogP contribution in [0.1, 0.15) is 41.1 Å². The van der Waals surface area contributed by atoms with Crippen LogP contribution in [0.15, 0.2) is 53.2 Å². The molecule has 0 bridgehead atoms. The lowest BCUT2D eigenvalue weighted by Gasteiger charge is -2.06. The lowest BCUT2D eigenvalue weighted by Crippen LogP contribution is -2.40. The van der Waals surface area contributed by atoms with Gasteiger partial charge in [-0.15, -0.1) is 5.10 Å². The molecule has 2 N–H and O–H groups in total. The van der Waals surface area contributed by atoms with Gasteiger partial charge in [-0.05, 0) is 65.2 Å². The number of hydrazine groups is 1. The monoisotopic (exact) mass is 378 g/mol. The summed E-state index contributed by atoms with van der Waals surface area (Å²) in [5.74, 6) is 1.80. The Balaban J connectivity index is 1.28. The molecule has 2 heterocycles. The maximum atomic E-state index is 12.1. The molecule has 4 rings (SSSR count). The summed E-state index contributed by atoms with van der Waals surface area (Å²) in [7, 11) is 0. The molecule has 0 radical (unpaired) electrons. The Morgan fingerprint density at radius 3 is 2.64 bits per heavy atom. The van der Waals surface area contributed by atoms with Crippen molar-refractivity contribution in [2.24, 2.45) is 5.92 Å². The highest BCUT2D eigenvalue weighted by Crippen LogP contribution is 2.47. The quantitative estimate of drug-likeness (QED) is 0.517. The van der Waals surface area contributed by atoms with E-state index in [9.17, 15) is 9.59 Å². The van der Waals surface area contributed by atoms with Crippen molar-refractivity contribution in [1.82, 2.24) is 31.1 Å². The van der Waals surface area contributed by atoms with Crippen LogP contribution < -0.4 is 10.9 Å². The van der Waals surface area contributed by atoms with Crippen molar-refractivity contribution in [2.45, 2.75) is 19.3 Å². The average Bonchev–Trinajstić information content (AvgIpc) is 3.12. The molecule has 2 unspecified atom stereocenters. The Morgan fingerprint density at radius 2 is 1.96 bits per heavy atom. The first-order valence-electron chi connectivity index (χ1n) is 8.82. The number of tetrazole rings is 1. The van der Waals surface area contributed by atoms with Crippen LogP contribution in [0.4, 0.5) is 0 Å². The van der Waals surface area contributed by atoms with Crippen LogP contribution in [0, 0.1) is 5.92 Å². The van der Waals surface area contributed by atoms with E-state index in [0.29, 0.717) is 28.8 Å². The predicted molar refractivity (Wildman–Crippen MR) is 99.0 cm³/mol. The van der Waals surface area contributed by atoms with Gasteiger partial charge in [-0.2, -0.15) is 0 Å². The number of carbonyl (C=O) groups is 2. The van der Waals surface area contributed by atoms with E-state index in [1.807, 2.05) is 12.1 Å². The number of benzene rings is 1. The molecule has 2 atom stereocenters. The summed E-state index contributed by atoms with van der Waals surface area (Å²) in [5.41, 5.74) is 5.80. The van der Waals surface area contributed by atoms with E-state index < -0.39 is 11.8 Å². The molecule has 1 saturated carbocycles. The molecule has 0 aliphatic heterocycles. The third kappa shape index (κ3) is 3.98. The van der Waals surface area contributed by atoms with Crippen molar-refractivity contribution in [3.63, 3.8) is 0 Å². The standard InChI is InChI=1S/C19H18N6O3/c1-12-10-16(12)17-8-6-15(28-17)7-9-18(26)21-22-19(27)13-2-4-14(5-3-13)25-11-20-23-24-25/h2-9,11-12,16H,10H2,1H3,(H,21,26)(H,22,27)/b9-7+. The second-order valence-electron chi connectivity index (χ2n) is 6.64. The zero-order valence-electron chi connectivity index (χ0n) is 15.1. The molecule has 0 saturated heterocycles. The summed E-state index contributed by atoms with van der Waals surface area (Å²) in [6, 6.07) is 10.4. The number of aromatic nitrogens is 4. The SMILES string of the molecule is CC1CC1c1ccc(/C=C/C(=O)NNC(=O)c2ccc(-n3cnnn3)cc2)o1. The van der Waals surface area contributed by atoms with Crippen LogP contribution in [0.5, 0.6) is 0 Å². The number of furan rings is 1. The second kappa shape index (κ2) is 7.47. The van der Waals surface area contributed by atoms with Gasteiger partial charge in [0.1, 0.15) is 17.8 Å². The largest absolute Gasteiger partial charge is 0.461 e. The average molecular weight is 378 g/mol. The second-order valence-corrected chi connectivity index (χ2v) is 6.64. The number of carbonyl (C=O) groups excluding carboxylic acids is 2. The van der Waals surface area contributed by atoms with E-state index in [1.165, 1.54) is 17.1 Å². The van der Waals surface area contributed by atoms with Crippen LogP contribution >= 0.6 is 0 Å². The van der Waals surface area contributed by atoms with Gasteiger partial charge < -0.3 is 4.42 Å². The maximum Gasteiger partial charge on any atom is 0.269 e. The fraction of sp³-hybridized carbons (Fsp3) is 0.211. The Labute approximate surface area is 160 Å². The highest BCUT2D eigenvalue weighted by Gasteiger charge is 2.36. The zero-order chi connectivity index (χ0) is 19.5. The van der Waals surface area contributed by atoms with E-state index >= 15 is 0 Å². The van der Waals surface area contributed by atoms with Crippen LogP contribution in [0.25, 0.3) is 11.8 Å². The molecule has 28 heavy (non-hydrogen) atoms. The lowest BCUT2D eigenvalue weighted by molar-refractivity contribution is -0.117.